The maximum Gasteiger partial charge on any atom is 0.416 e. The molecule has 0 bridgehead atoms. The van der Waals surface area contributed by atoms with Crippen molar-refractivity contribution in [1.29, 1.82) is 0 Å². The highest BCUT2D eigenvalue weighted by atomic mass is 32.2. The van der Waals surface area contributed by atoms with Gasteiger partial charge in [0.2, 0.25) is 0 Å². The molecule has 100 valence electrons. The molecule has 0 atom stereocenters. The van der Waals surface area contributed by atoms with E-state index in [1.807, 2.05) is 0 Å². The first kappa shape index (κ1) is 13.4. The summed E-state index contributed by atoms with van der Waals surface area (Å²) in [6.45, 7) is 0. The van der Waals surface area contributed by atoms with Gasteiger partial charge in [0.1, 0.15) is 0 Å². The lowest BCUT2D eigenvalue weighted by molar-refractivity contribution is -0.137. The second-order valence-electron chi connectivity index (χ2n) is 4.38. The molecule has 2 rings (SSSR count). The Hall–Kier alpha value is -1.04. The fourth-order valence-corrected chi connectivity index (χ4v) is 4.13. The second-order valence-corrected chi connectivity index (χ2v) is 6.92. The van der Waals surface area contributed by atoms with Gasteiger partial charge >= 0.3 is 6.18 Å². The van der Waals surface area contributed by atoms with E-state index in [9.17, 15) is 17.4 Å². The number of benzene rings is 1. The molecule has 1 aromatic rings. The molecule has 1 fully saturated rings. The Bertz CT molecular complexity index is 515. The van der Waals surface area contributed by atoms with Crippen LogP contribution in [0.15, 0.2) is 28.6 Å². The highest BCUT2D eigenvalue weighted by Gasteiger charge is 2.30. The molecule has 0 aliphatic carbocycles. The molecular formula is C12H14F3NOS. The van der Waals surface area contributed by atoms with E-state index in [1.54, 1.807) is 0 Å². The van der Waals surface area contributed by atoms with Gasteiger partial charge in [-0.1, -0.05) is 6.42 Å². The Morgan fingerprint density at radius 2 is 1.56 bits per heavy atom. The van der Waals surface area contributed by atoms with Crippen LogP contribution >= 0.6 is 0 Å². The van der Waals surface area contributed by atoms with Crippen molar-refractivity contribution < 1.29 is 17.4 Å². The van der Waals surface area contributed by atoms with Crippen molar-refractivity contribution >= 4 is 15.4 Å². The highest BCUT2D eigenvalue weighted by molar-refractivity contribution is 7.93. The molecule has 1 saturated heterocycles. The van der Waals surface area contributed by atoms with E-state index in [0.717, 1.165) is 31.4 Å². The molecular weight excluding hydrogens is 263 g/mol. The Kier molecular flexibility index (Phi) is 3.66. The third kappa shape index (κ3) is 3.25. The monoisotopic (exact) mass is 277 g/mol. The van der Waals surface area contributed by atoms with Crippen LogP contribution in [0.25, 0.3) is 0 Å². The highest BCUT2D eigenvalue weighted by Crippen LogP contribution is 2.31. The van der Waals surface area contributed by atoms with Gasteiger partial charge in [0.05, 0.1) is 21.0 Å². The van der Waals surface area contributed by atoms with Crippen molar-refractivity contribution in [2.24, 2.45) is 4.36 Å². The normalized spacial score (nSPS) is 19.5. The van der Waals surface area contributed by atoms with Crippen molar-refractivity contribution in [1.82, 2.24) is 0 Å². The third-order valence-electron chi connectivity index (χ3n) is 2.89. The smallest absolute Gasteiger partial charge is 0.249 e. The summed E-state index contributed by atoms with van der Waals surface area (Å²) in [5.74, 6) is 1.10. The first-order valence-electron chi connectivity index (χ1n) is 5.79. The van der Waals surface area contributed by atoms with Gasteiger partial charge in [0, 0.05) is 11.5 Å². The van der Waals surface area contributed by atoms with Crippen LogP contribution in [0.1, 0.15) is 24.8 Å². The van der Waals surface area contributed by atoms with Crippen LogP contribution < -0.4 is 0 Å². The van der Waals surface area contributed by atoms with Crippen molar-refractivity contribution in [2.45, 2.75) is 25.4 Å². The second kappa shape index (κ2) is 4.91. The Balaban J connectivity index is 2.25. The number of hydrogen-bond acceptors (Lipinski definition) is 2. The number of rotatable bonds is 1. The molecule has 1 heterocycles. The van der Waals surface area contributed by atoms with E-state index < -0.39 is 21.5 Å². The summed E-state index contributed by atoms with van der Waals surface area (Å²) in [4.78, 5) is 0. The Morgan fingerprint density at radius 1 is 1.00 bits per heavy atom. The first-order valence-corrected chi connectivity index (χ1v) is 7.64. The maximum absolute atomic E-state index is 12.4. The predicted molar refractivity (Wildman–Crippen MR) is 65.3 cm³/mol. The van der Waals surface area contributed by atoms with Crippen molar-refractivity contribution in [3.8, 4) is 0 Å². The summed E-state index contributed by atoms with van der Waals surface area (Å²) in [7, 11) is -2.25. The van der Waals surface area contributed by atoms with Crippen LogP contribution in [0, 0.1) is 0 Å². The first-order chi connectivity index (χ1) is 8.39. The SMILES string of the molecule is O=S1(=Nc2ccc(C(F)(F)F)cc2)CCCCC1. The number of alkyl halides is 3. The molecule has 0 saturated carbocycles. The molecule has 0 spiro atoms. The summed E-state index contributed by atoms with van der Waals surface area (Å²) in [5.41, 5.74) is -0.338. The van der Waals surface area contributed by atoms with E-state index in [-0.39, 0.29) is 0 Å². The van der Waals surface area contributed by atoms with Crippen LogP contribution in [0.5, 0.6) is 0 Å². The Morgan fingerprint density at radius 3 is 2.06 bits per heavy atom. The van der Waals surface area contributed by atoms with E-state index in [1.165, 1.54) is 12.1 Å². The lowest BCUT2D eigenvalue weighted by Crippen LogP contribution is -2.15. The lowest BCUT2D eigenvalue weighted by Gasteiger charge is -2.15. The van der Waals surface area contributed by atoms with E-state index in [0.29, 0.717) is 17.2 Å². The molecule has 0 radical (unpaired) electrons. The third-order valence-corrected chi connectivity index (χ3v) is 5.29. The minimum atomic E-state index is -4.34. The van der Waals surface area contributed by atoms with Crippen LogP contribution in [0.3, 0.4) is 0 Å². The standard InChI is InChI=1S/C12H14F3NOS/c13-12(14,15)10-4-6-11(7-5-10)16-18(17)8-2-1-3-9-18/h4-7H,1-3,8-9H2. The summed E-state index contributed by atoms with van der Waals surface area (Å²) in [5, 5.41) is 0. The largest absolute Gasteiger partial charge is 0.416 e. The maximum atomic E-state index is 12.4. The summed E-state index contributed by atoms with van der Waals surface area (Å²) in [6.07, 6.45) is -1.53. The average Bonchev–Trinajstić information content (AvgIpc) is 2.29. The zero-order chi connectivity index (χ0) is 13.2. The topological polar surface area (TPSA) is 29.4 Å². The molecule has 6 heteroatoms. The minimum absolute atomic E-state index is 0.370. The molecule has 1 aromatic carbocycles. The number of halogens is 3. The van der Waals surface area contributed by atoms with Crippen LogP contribution in [0.4, 0.5) is 18.9 Å². The average molecular weight is 277 g/mol. The van der Waals surface area contributed by atoms with Crippen LogP contribution in [-0.2, 0) is 15.9 Å². The van der Waals surface area contributed by atoms with Gasteiger partial charge in [0.25, 0.3) is 0 Å². The van der Waals surface area contributed by atoms with Gasteiger partial charge in [-0.2, -0.15) is 17.5 Å². The summed E-state index contributed by atoms with van der Waals surface area (Å²) < 4.78 is 53.5. The molecule has 1 aliphatic rings. The minimum Gasteiger partial charge on any atom is -0.249 e. The number of nitrogens with zero attached hydrogens (tertiary/aromatic N) is 1. The van der Waals surface area contributed by atoms with E-state index in [2.05, 4.69) is 4.36 Å². The zero-order valence-electron chi connectivity index (χ0n) is 9.74. The summed E-state index contributed by atoms with van der Waals surface area (Å²) >= 11 is 0. The van der Waals surface area contributed by atoms with Gasteiger partial charge in [-0.15, -0.1) is 0 Å². The van der Waals surface area contributed by atoms with Crippen LogP contribution in [-0.4, -0.2) is 15.7 Å². The van der Waals surface area contributed by atoms with E-state index >= 15 is 0 Å². The van der Waals surface area contributed by atoms with Crippen molar-refractivity contribution in [3.05, 3.63) is 29.8 Å². The van der Waals surface area contributed by atoms with Crippen molar-refractivity contribution in [2.75, 3.05) is 11.5 Å². The fourth-order valence-electron chi connectivity index (χ4n) is 1.93. The molecule has 0 aromatic heterocycles. The van der Waals surface area contributed by atoms with Gasteiger partial charge in [0.15, 0.2) is 0 Å². The quantitative estimate of drug-likeness (QED) is 0.763. The molecule has 0 unspecified atom stereocenters. The van der Waals surface area contributed by atoms with E-state index in [4.69, 9.17) is 0 Å². The van der Waals surface area contributed by atoms with Gasteiger partial charge < -0.3 is 0 Å². The van der Waals surface area contributed by atoms with Gasteiger partial charge in [-0.3, -0.25) is 0 Å². The summed E-state index contributed by atoms with van der Waals surface area (Å²) in [6, 6.07) is 4.52. The van der Waals surface area contributed by atoms with Crippen LogP contribution in [0.2, 0.25) is 0 Å². The zero-order valence-corrected chi connectivity index (χ0v) is 10.6. The van der Waals surface area contributed by atoms with Crippen molar-refractivity contribution in [3.63, 3.8) is 0 Å². The van der Waals surface area contributed by atoms with Gasteiger partial charge in [-0.25, -0.2) is 4.21 Å². The Labute approximate surface area is 104 Å². The molecule has 2 nitrogen and oxygen atoms in total. The molecule has 1 aliphatic heterocycles. The predicted octanol–water partition coefficient (Wildman–Crippen LogP) is 3.99. The fraction of sp³-hybridized carbons (Fsp3) is 0.500. The van der Waals surface area contributed by atoms with Gasteiger partial charge in [-0.05, 0) is 37.1 Å². The molecule has 0 amide bonds. The molecule has 0 N–H and O–H groups in total. The number of hydrogen-bond donors (Lipinski definition) is 0. The lowest BCUT2D eigenvalue weighted by atomic mass is 10.2. The molecule has 18 heavy (non-hydrogen) atoms.